The molecule has 2 aliphatic heterocycles. The summed E-state index contributed by atoms with van der Waals surface area (Å²) in [6.07, 6.45) is 0. The summed E-state index contributed by atoms with van der Waals surface area (Å²) in [4.78, 5) is 43.1. The van der Waals surface area contributed by atoms with Gasteiger partial charge in [0.2, 0.25) is 11.0 Å². The van der Waals surface area contributed by atoms with Crippen LogP contribution in [0.15, 0.2) is 4.99 Å². The predicted octanol–water partition coefficient (Wildman–Crippen LogP) is -0.179. The third kappa shape index (κ3) is 3.14. The van der Waals surface area contributed by atoms with Gasteiger partial charge < -0.3 is 0 Å². The van der Waals surface area contributed by atoms with Crippen molar-refractivity contribution >= 4 is 57.1 Å². The summed E-state index contributed by atoms with van der Waals surface area (Å²) in [5.41, 5.74) is 0. The standard InChI is InChI=1S/C13H15N7O3S2/c1-6-16-17-11(25-6)14-7(21)5-24-12-15-8-9(18(12)2)19(3)13(23)20(4)10(8)22/h8H,5H2,1-4H3/p+1. The van der Waals surface area contributed by atoms with Crippen molar-refractivity contribution in [1.82, 2.24) is 20.0 Å². The number of thioether (sulfide) groups is 1. The number of aliphatic imine (C=N–C) groups is 1. The van der Waals surface area contributed by atoms with E-state index >= 15 is 0 Å². The van der Waals surface area contributed by atoms with E-state index in [4.69, 9.17) is 0 Å². The molecule has 0 saturated carbocycles. The number of imide groups is 1. The maximum absolute atomic E-state index is 12.3. The molecule has 12 heteroatoms. The first-order chi connectivity index (χ1) is 11.8. The van der Waals surface area contributed by atoms with Crippen LogP contribution in [0.2, 0.25) is 0 Å². The lowest BCUT2D eigenvalue weighted by molar-refractivity contribution is -0.367. The number of hydrogen-bond donors (Lipinski definition) is 1. The van der Waals surface area contributed by atoms with Gasteiger partial charge in [0.05, 0.1) is 19.8 Å². The number of amidine groups is 2. The first-order valence-corrected chi connectivity index (χ1v) is 9.06. The van der Waals surface area contributed by atoms with Crippen molar-refractivity contribution in [1.29, 1.82) is 0 Å². The van der Waals surface area contributed by atoms with Crippen LogP contribution >= 0.6 is 23.1 Å². The number of urea groups is 1. The fraction of sp³-hybridized carbons (Fsp3) is 0.462. The second kappa shape index (κ2) is 6.52. The Morgan fingerprint density at radius 2 is 2.04 bits per heavy atom. The molecule has 25 heavy (non-hydrogen) atoms. The van der Waals surface area contributed by atoms with Gasteiger partial charge >= 0.3 is 6.03 Å². The molecule has 1 N–H and O–H groups in total. The number of anilines is 1. The Hall–Kier alpha value is -2.34. The minimum atomic E-state index is -0.755. The van der Waals surface area contributed by atoms with E-state index in [-0.39, 0.29) is 17.6 Å². The van der Waals surface area contributed by atoms with E-state index in [2.05, 4.69) is 20.5 Å². The second-order valence-electron chi connectivity index (χ2n) is 5.43. The molecule has 3 rings (SSSR count). The van der Waals surface area contributed by atoms with Gasteiger partial charge in [0.15, 0.2) is 0 Å². The highest BCUT2D eigenvalue weighted by Gasteiger charge is 2.51. The van der Waals surface area contributed by atoms with Crippen LogP contribution in [-0.2, 0) is 9.59 Å². The zero-order chi connectivity index (χ0) is 18.3. The van der Waals surface area contributed by atoms with Gasteiger partial charge in [-0.15, -0.1) is 15.2 Å². The molecule has 4 amide bonds. The van der Waals surface area contributed by atoms with Crippen LogP contribution in [0.5, 0.6) is 0 Å². The number of carbonyl (C=O) groups is 3. The zero-order valence-corrected chi connectivity index (χ0v) is 15.6. The third-order valence-electron chi connectivity index (χ3n) is 3.70. The van der Waals surface area contributed by atoms with Crippen LogP contribution in [0.3, 0.4) is 0 Å². The van der Waals surface area contributed by atoms with E-state index in [0.29, 0.717) is 16.1 Å². The van der Waals surface area contributed by atoms with E-state index in [1.165, 1.54) is 35.0 Å². The summed E-state index contributed by atoms with van der Waals surface area (Å²) in [5.74, 6) is -0.0289. The molecule has 1 aromatic rings. The molecule has 1 fully saturated rings. The Labute approximate surface area is 151 Å². The predicted molar refractivity (Wildman–Crippen MR) is 94.1 cm³/mol. The number of fused-ring (bicyclic) bond motifs is 1. The van der Waals surface area contributed by atoms with Gasteiger partial charge in [-0.05, 0) is 18.7 Å². The van der Waals surface area contributed by atoms with Gasteiger partial charge in [-0.25, -0.2) is 14.3 Å². The number of nitrogens with zero attached hydrogens (tertiary/aromatic N) is 6. The van der Waals surface area contributed by atoms with Crippen molar-refractivity contribution in [2.24, 2.45) is 4.99 Å². The summed E-state index contributed by atoms with van der Waals surface area (Å²) in [7, 11) is 4.74. The Morgan fingerprint density at radius 3 is 2.68 bits per heavy atom. The van der Waals surface area contributed by atoms with Crippen molar-refractivity contribution in [3.8, 4) is 0 Å². The molecular weight excluding hydrogens is 366 g/mol. The first-order valence-electron chi connectivity index (χ1n) is 7.26. The maximum atomic E-state index is 12.3. The molecular formula is C13H16N7O3S2+. The van der Waals surface area contributed by atoms with Gasteiger partial charge in [0.25, 0.3) is 23.0 Å². The second-order valence-corrected chi connectivity index (χ2v) is 7.56. The molecule has 1 saturated heterocycles. The van der Waals surface area contributed by atoms with E-state index in [1.54, 1.807) is 25.6 Å². The molecule has 1 atom stereocenters. The van der Waals surface area contributed by atoms with Crippen LogP contribution in [0.25, 0.3) is 0 Å². The number of rotatable bonds is 3. The van der Waals surface area contributed by atoms with Gasteiger partial charge in [-0.3, -0.25) is 19.8 Å². The van der Waals surface area contributed by atoms with E-state index in [9.17, 15) is 14.4 Å². The molecule has 0 aromatic carbocycles. The summed E-state index contributed by atoms with van der Waals surface area (Å²) in [5, 5.41) is 12.0. The monoisotopic (exact) mass is 382 g/mol. The van der Waals surface area contributed by atoms with Crippen molar-refractivity contribution in [2.45, 2.75) is 13.0 Å². The average Bonchev–Trinajstić information content (AvgIpc) is 3.12. The minimum Gasteiger partial charge on any atom is -0.300 e. The normalized spacial score (nSPS) is 20.2. The molecule has 10 nitrogen and oxygen atoms in total. The molecule has 0 radical (unpaired) electrons. The molecule has 0 spiro atoms. The molecule has 0 aliphatic carbocycles. The van der Waals surface area contributed by atoms with E-state index < -0.39 is 12.1 Å². The molecule has 1 unspecified atom stereocenters. The summed E-state index contributed by atoms with van der Waals surface area (Å²) < 4.78 is 1.67. The number of amides is 4. The topological polar surface area (TPSA) is 111 Å². The number of carbonyl (C=O) groups excluding carboxylic acids is 3. The lowest BCUT2D eigenvalue weighted by Gasteiger charge is -2.27. The van der Waals surface area contributed by atoms with Crippen molar-refractivity contribution in [3.63, 3.8) is 0 Å². The van der Waals surface area contributed by atoms with Gasteiger partial charge in [0.1, 0.15) is 5.01 Å². The number of nitrogens with one attached hydrogen (secondary N) is 1. The van der Waals surface area contributed by atoms with Crippen molar-refractivity contribution in [3.05, 3.63) is 5.01 Å². The van der Waals surface area contributed by atoms with E-state index in [1.807, 2.05) is 0 Å². The number of likely N-dealkylation sites (N-methyl/N-ethyl adjacent to an activating group) is 2. The molecule has 1 aromatic heterocycles. The van der Waals surface area contributed by atoms with Crippen LogP contribution in [0.4, 0.5) is 9.93 Å². The zero-order valence-electron chi connectivity index (χ0n) is 14.0. The summed E-state index contributed by atoms with van der Waals surface area (Å²) in [6, 6.07) is -1.16. The molecule has 132 valence electrons. The van der Waals surface area contributed by atoms with Gasteiger partial charge in [-0.2, -0.15) is 0 Å². The highest BCUT2D eigenvalue weighted by molar-refractivity contribution is 8.14. The fourth-order valence-corrected chi connectivity index (χ4v) is 3.89. The Balaban J connectivity index is 1.69. The smallest absolute Gasteiger partial charge is 0.300 e. The quantitative estimate of drug-likeness (QED) is 0.726. The first kappa shape index (κ1) is 17.5. The molecule has 0 bridgehead atoms. The Morgan fingerprint density at radius 1 is 1.32 bits per heavy atom. The lowest BCUT2D eigenvalue weighted by atomic mass is 10.2. The maximum Gasteiger partial charge on any atom is 0.388 e. The molecule has 3 heterocycles. The lowest BCUT2D eigenvalue weighted by Crippen LogP contribution is -2.59. The Bertz CT molecular complexity index is 831. The van der Waals surface area contributed by atoms with Crippen LogP contribution in [0.1, 0.15) is 5.01 Å². The SMILES string of the molecule is Cc1nnc(NC(=O)CSC2=NC3C(=O)N(C)C(=O)N(C)C3=[N+]2C)s1. The number of hydrogen-bond acceptors (Lipinski definition) is 8. The van der Waals surface area contributed by atoms with E-state index in [0.717, 1.165) is 9.91 Å². The van der Waals surface area contributed by atoms with Crippen LogP contribution < -0.4 is 5.32 Å². The fourth-order valence-electron chi connectivity index (χ4n) is 2.48. The third-order valence-corrected chi connectivity index (χ3v) is 5.50. The summed E-state index contributed by atoms with van der Waals surface area (Å²) in [6.45, 7) is 1.80. The highest BCUT2D eigenvalue weighted by atomic mass is 32.2. The molecule has 2 aliphatic rings. The largest absolute Gasteiger partial charge is 0.388 e. The average molecular weight is 382 g/mol. The number of aryl methyl sites for hydroxylation is 1. The number of aromatic nitrogens is 2. The highest BCUT2D eigenvalue weighted by Crippen LogP contribution is 2.22. The minimum absolute atomic E-state index is 0.101. The van der Waals surface area contributed by atoms with Crippen LogP contribution in [0, 0.1) is 6.92 Å². The van der Waals surface area contributed by atoms with Crippen molar-refractivity contribution < 1.29 is 19.0 Å². The van der Waals surface area contributed by atoms with Crippen LogP contribution in [-0.4, -0.2) is 86.4 Å². The Kier molecular flexibility index (Phi) is 4.56. The van der Waals surface area contributed by atoms with Gasteiger partial charge in [0, 0.05) is 7.05 Å². The van der Waals surface area contributed by atoms with Gasteiger partial charge in [-0.1, -0.05) is 11.3 Å². The summed E-state index contributed by atoms with van der Waals surface area (Å²) >= 11 is 2.48. The van der Waals surface area contributed by atoms with Crippen molar-refractivity contribution in [2.75, 3.05) is 32.2 Å².